The molecule has 1 aliphatic rings. The second-order valence-electron chi connectivity index (χ2n) is 3.95. The Hall–Kier alpha value is -0.450. The van der Waals surface area contributed by atoms with E-state index in [1.165, 1.54) is 17.7 Å². The molecule has 0 aromatic carbocycles. The number of piperidine rings is 1. The molecule has 2 rings (SSSR count). The largest absolute Gasteiger partial charge is 0.377 e. The third-order valence-electron chi connectivity index (χ3n) is 2.78. The first-order chi connectivity index (χ1) is 7.36. The van der Waals surface area contributed by atoms with E-state index in [1.807, 2.05) is 5.51 Å². The number of hydrogen-bond acceptors (Lipinski definition) is 4. The number of nitrogens with one attached hydrogen (secondary N) is 1. The van der Waals surface area contributed by atoms with Crippen LogP contribution in [0.15, 0.2) is 5.51 Å². The number of aryl methyl sites for hydroxylation is 1. The zero-order valence-corrected chi connectivity index (χ0v) is 9.98. The smallest absolute Gasteiger partial charge is 0.0797 e. The maximum Gasteiger partial charge on any atom is 0.0797 e. The Labute approximate surface area is 94.9 Å². The summed E-state index contributed by atoms with van der Waals surface area (Å²) >= 11 is 1.73. The van der Waals surface area contributed by atoms with Gasteiger partial charge in [-0.05, 0) is 26.3 Å². The van der Waals surface area contributed by atoms with Gasteiger partial charge in [0.05, 0.1) is 23.9 Å². The molecule has 1 aromatic heterocycles. The van der Waals surface area contributed by atoms with Crippen LogP contribution in [0.2, 0.25) is 0 Å². The highest BCUT2D eigenvalue weighted by molar-refractivity contribution is 7.09. The molecule has 0 amide bonds. The van der Waals surface area contributed by atoms with Gasteiger partial charge in [-0.15, -0.1) is 11.3 Å². The van der Waals surface area contributed by atoms with E-state index < -0.39 is 0 Å². The van der Waals surface area contributed by atoms with Crippen LogP contribution in [0.4, 0.5) is 0 Å². The fraction of sp³-hybridized carbons (Fsp3) is 0.727. The highest BCUT2D eigenvalue weighted by Crippen LogP contribution is 2.13. The third kappa shape index (κ3) is 3.26. The van der Waals surface area contributed by atoms with Gasteiger partial charge in [-0.3, -0.25) is 0 Å². The van der Waals surface area contributed by atoms with E-state index in [1.54, 1.807) is 11.3 Å². The fourth-order valence-electron chi connectivity index (χ4n) is 1.85. The molecule has 1 aromatic rings. The van der Waals surface area contributed by atoms with Gasteiger partial charge in [0.2, 0.25) is 0 Å². The Balaban J connectivity index is 1.68. The molecule has 1 N–H and O–H groups in total. The van der Waals surface area contributed by atoms with E-state index in [2.05, 4.69) is 17.2 Å². The van der Waals surface area contributed by atoms with Crippen LogP contribution in [0.5, 0.6) is 0 Å². The normalized spacial score (nSPS) is 21.8. The van der Waals surface area contributed by atoms with Crippen LogP contribution in [0.25, 0.3) is 0 Å². The summed E-state index contributed by atoms with van der Waals surface area (Å²) in [6.07, 6.45) is 3.87. The standard InChI is InChI=1S/C11H18N2OS/c1-9-11(15-8-13-9)4-6-14-10-3-2-5-12-7-10/h8,10,12H,2-7H2,1H3. The first kappa shape index (κ1) is 11.0. The van der Waals surface area contributed by atoms with Gasteiger partial charge in [0.15, 0.2) is 0 Å². The van der Waals surface area contributed by atoms with Crippen LogP contribution < -0.4 is 5.32 Å². The van der Waals surface area contributed by atoms with Crippen LogP contribution in [-0.2, 0) is 11.2 Å². The zero-order chi connectivity index (χ0) is 10.5. The van der Waals surface area contributed by atoms with Gasteiger partial charge in [-0.2, -0.15) is 0 Å². The average molecular weight is 226 g/mol. The molecule has 4 heteroatoms. The quantitative estimate of drug-likeness (QED) is 0.849. The Morgan fingerprint density at radius 2 is 2.60 bits per heavy atom. The molecule has 0 bridgehead atoms. The predicted octanol–water partition coefficient (Wildman–Crippen LogP) is 1.76. The number of aromatic nitrogens is 1. The van der Waals surface area contributed by atoms with E-state index in [-0.39, 0.29) is 0 Å². The average Bonchev–Trinajstić information content (AvgIpc) is 2.66. The summed E-state index contributed by atoms with van der Waals surface area (Å²) in [6, 6.07) is 0. The van der Waals surface area contributed by atoms with E-state index in [4.69, 9.17) is 4.74 Å². The lowest BCUT2D eigenvalue weighted by atomic mass is 10.1. The van der Waals surface area contributed by atoms with E-state index in [9.17, 15) is 0 Å². The molecule has 1 aliphatic heterocycles. The van der Waals surface area contributed by atoms with Gasteiger partial charge in [-0.25, -0.2) is 4.98 Å². The van der Waals surface area contributed by atoms with Crippen molar-refractivity contribution in [2.75, 3.05) is 19.7 Å². The van der Waals surface area contributed by atoms with Crippen LogP contribution in [0.3, 0.4) is 0 Å². The van der Waals surface area contributed by atoms with Crippen molar-refractivity contribution in [2.24, 2.45) is 0 Å². The van der Waals surface area contributed by atoms with Gasteiger partial charge in [0, 0.05) is 17.8 Å². The minimum Gasteiger partial charge on any atom is -0.377 e. The van der Waals surface area contributed by atoms with Crippen molar-refractivity contribution in [1.82, 2.24) is 10.3 Å². The van der Waals surface area contributed by atoms with Crippen LogP contribution >= 0.6 is 11.3 Å². The number of nitrogens with zero attached hydrogens (tertiary/aromatic N) is 1. The Bertz CT molecular complexity index is 295. The Morgan fingerprint density at radius 3 is 3.27 bits per heavy atom. The molecule has 1 atom stereocenters. The van der Waals surface area contributed by atoms with Crippen LogP contribution in [-0.4, -0.2) is 30.8 Å². The lowest BCUT2D eigenvalue weighted by Crippen LogP contribution is -2.35. The first-order valence-corrected chi connectivity index (χ1v) is 6.45. The van der Waals surface area contributed by atoms with Crippen molar-refractivity contribution in [3.8, 4) is 0 Å². The molecule has 0 spiro atoms. The number of ether oxygens (including phenoxy) is 1. The van der Waals surface area contributed by atoms with E-state index >= 15 is 0 Å². The highest BCUT2D eigenvalue weighted by atomic mass is 32.1. The third-order valence-corrected chi connectivity index (χ3v) is 3.77. The Morgan fingerprint density at radius 1 is 1.67 bits per heavy atom. The summed E-state index contributed by atoms with van der Waals surface area (Å²) < 4.78 is 5.83. The molecule has 1 saturated heterocycles. The number of thiazole rings is 1. The van der Waals surface area contributed by atoms with Crippen molar-refractivity contribution in [3.63, 3.8) is 0 Å². The molecule has 0 saturated carbocycles. The molecule has 1 fully saturated rings. The van der Waals surface area contributed by atoms with Gasteiger partial charge < -0.3 is 10.1 Å². The maximum absolute atomic E-state index is 5.83. The monoisotopic (exact) mass is 226 g/mol. The minimum absolute atomic E-state index is 0.423. The molecule has 15 heavy (non-hydrogen) atoms. The van der Waals surface area contributed by atoms with Gasteiger partial charge in [-0.1, -0.05) is 0 Å². The van der Waals surface area contributed by atoms with Crippen LogP contribution in [0.1, 0.15) is 23.4 Å². The fourth-order valence-corrected chi connectivity index (χ4v) is 2.61. The second kappa shape index (κ2) is 5.58. The van der Waals surface area contributed by atoms with Crippen LogP contribution in [0, 0.1) is 6.92 Å². The highest BCUT2D eigenvalue weighted by Gasteiger charge is 2.13. The molecule has 3 nitrogen and oxygen atoms in total. The lowest BCUT2D eigenvalue weighted by molar-refractivity contribution is 0.0392. The zero-order valence-electron chi connectivity index (χ0n) is 9.16. The summed E-state index contributed by atoms with van der Waals surface area (Å²) in [4.78, 5) is 5.59. The SMILES string of the molecule is Cc1ncsc1CCOC1CCCNC1. The van der Waals surface area contributed by atoms with Crippen molar-refractivity contribution in [3.05, 3.63) is 16.1 Å². The van der Waals surface area contributed by atoms with E-state index in [0.717, 1.165) is 31.8 Å². The summed E-state index contributed by atoms with van der Waals surface area (Å²) in [7, 11) is 0. The number of rotatable bonds is 4. The lowest BCUT2D eigenvalue weighted by Gasteiger charge is -2.22. The molecule has 0 aliphatic carbocycles. The summed E-state index contributed by atoms with van der Waals surface area (Å²) in [5, 5.41) is 3.36. The predicted molar refractivity (Wildman–Crippen MR) is 62.4 cm³/mol. The molecule has 2 heterocycles. The van der Waals surface area contributed by atoms with Crippen molar-refractivity contribution in [2.45, 2.75) is 32.3 Å². The molecule has 0 radical (unpaired) electrons. The van der Waals surface area contributed by atoms with Crippen molar-refractivity contribution < 1.29 is 4.74 Å². The molecule has 1 unspecified atom stereocenters. The van der Waals surface area contributed by atoms with Gasteiger partial charge in [0.25, 0.3) is 0 Å². The summed E-state index contributed by atoms with van der Waals surface area (Å²) in [5.41, 5.74) is 3.07. The molecular weight excluding hydrogens is 208 g/mol. The Kier molecular flexibility index (Phi) is 4.11. The summed E-state index contributed by atoms with van der Waals surface area (Å²) in [6.45, 7) is 5.05. The first-order valence-electron chi connectivity index (χ1n) is 5.57. The van der Waals surface area contributed by atoms with Gasteiger partial charge >= 0.3 is 0 Å². The minimum atomic E-state index is 0.423. The maximum atomic E-state index is 5.83. The molecular formula is C11H18N2OS. The van der Waals surface area contributed by atoms with Crippen molar-refractivity contribution >= 4 is 11.3 Å². The molecule has 84 valence electrons. The second-order valence-corrected chi connectivity index (χ2v) is 4.89. The summed E-state index contributed by atoms with van der Waals surface area (Å²) in [5.74, 6) is 0. The number of hydrogen-bond donors (Lipinski definition) is 1. The van der Waals surface area contributed by atoms with E-state index in [0.29, 0.717) is 6.10 Å². The topological polar surface area (TPSA) is 34.1 Å². The van der Waals surface area contributed by atoms with Crippen molar-refractivity contribution in [1.29, 1.82) is 0 Å². The van der Waals surface area contributed by atoms with Gasteiger partial charge in [0.1, 0.15) is 0 Å².